The molecule has 0 radical (unpaired) electrons. The molecule has 0 saturated carbocycles. The average molecular weight is 289 g/mol. The van der Waals surface area contributed by atoms with E-state index in [1.807, 2.05) is 0 Å². The zero-order chi connectivity index (χ0) is 14.5. The monoisotopic (exact) mass is 288 g/mol. The van der Waals surface area contributed by atoms with E-state index in [-0.39, 0.29) is 5.78 Å². The molecule has 0 aromatic heterocycles. The van der Waals surface area contributed by atoms with Gasteiger partial charge in [-0.05, 0) is 43.3 Å². The summed E-state index contributed by atoms with van der Waals surface area (Å²) in [5.41, 5.74) is 1.07. The fraction of sp³-hybridized carbons (Fsp3) is 0.125. The molecular weight excluding hydrogens is 276 g/mol. The van der Waals surface area contributed by atoms with E-state index in [1.54, 1.807) is 55.5 Å². The molecule has 0 bridgehead atoms. The number of aldehydes is 1. The smallest absolute Gasteiger partial charge is 0.203 e. The minimum absolute atomic E-state index is 0.146. The second-order valence-corrected chi connectivity index (χ2v) is 4.76. The normalized spacial score (nSPS) is 11.7. The average Bonchev–Trinajstić information content (AvgIpc) is 2.47. The fourth-order valence-electron chi connectivity index (χ4n) is 1.76. The van der Waals surface area contributed by atoms with Crippen molar-refractivity contribution in [3.8, 4) is 5.75 Å². The lowest BCUT2D eigenvalue weighted by atomic mass is 10.1. The van der Waals surface area contributed by atoms with Gasteiger partial charge in [-0.15, -0.1) is 0 Å². The Bertz CT molecular complexity index is 620. The molecule has 0 fully saturated rings. The summed E-state index contributed by atoms with van der Waals surface area (Å²) in [4.78, 5) is 22.7. The van der Waals surface area contributed by atoms with Crippen LogP contribution in [0.4, 0.5) is 0 Å². The third kappa shape index (κ3) is 3.45. The van der Waals surface area contributed by atoms with Gasteiger partial charge < -0.3 is 4.74 Å². The predicted octanol–water partition coefficient (Wildman–Crippen LogP) is 3.80. The third-order valence-electron chi connectivity index (χ3n) is 2.81. The molecule has 0 amide bonds. The second kappa shape index (κ2) is 6.35. The highest BCUT2D eigenvalue weighted by molar-refractivity contribution is 6.31. The number of hydrogen-bond donors (Lipinski definition) is 0. The summed E-state index contributed by atoms with van der Waals surface area (Å²) in [6.07, 6.45) is 0.125. The zero-order valence-electron chi connectivity index (χ0n) is 10.9. The lowest BCUT2D eigenvalue weighted by Gasteiger charge is -2.14. The van der Waals surface area contributed by atoms with Crippen molar-refractivity contribution in [3.05, 3.63) is 64.7 Å². The quantitative estimate of drug-likeness (QED) is 0.621. The van der Waals surface area contributed by atoms with Crippen LogP contribution in [0, 0.1) is 0 Å². The van der Waals surface area contributed by atoms with Crippen LogP contribution in [0.5, 0.6) is 5.75 Å². The first-order chi connectivity index (χ1) is 9.60. The number of Topliss-reactive ketones (excluding diaryl/α,β-unsaturated/α-hetero) is 1. The maximum atomic E-state index is 12.2. The Labute approximate surface area is 122 Å². The Hall–Kier alpha value is -2.13. The zero-order valence-corrected chi connectivity index (χ0v) is 11.6. The van der Waals surface area contributed by atoms with Crippen LogP contribution >= 0.6 is 11.6 Å². The van der Waals surface area contributed by atoms with E-state index in [1.165, 1.54) is 0 Å². The van der Waals surface area contributed by atoms with Crippen molar-refractivity contribution in [2.24, 2.45) is 0 Å². The van der Waals surface area contributed by atoms with Crippen molar-refractivity contribution in [1.82, 2.24) is 0 Å². The molecule has 1 unspecified atom stereocenters. The van der Waals surface area contributed by atoms with Gasteiger partial charge in [0.15, 0.2) is 6.10 Å². The second-order valence-electron chi connectivity index (χ2n) is 4.32. The predicted molar refractivity (Wildman–Crippen MR) is 77.7 cm³/mol. The van der Waals surface area contributed by atoms with Crippen LogP contribution in [-0.4, -0.2) is 18.2 Å². The number of carbonyl (C=O) groups excluding carboxylic acids is 2. The molecule has 2 aromatic carbocycles. The Balaban J connectivity index is 2.08. The minimum atomic E-state index is -0.629. The molecule has 0 saturated heterocycles. The van der Waals surface area contributed by atoms with Gasteiger partial charge in [-0.3, -0.25) is 9.59 Å². The van der Waals surface area contributed by atoms with Crippen molar-refractivity contribution >= 4 is 23.7 Å². The van der Waals surface area contributed by atoms with Crippen LogP contribution in [0.15, 0.2) is 48.5 Å². The van der Waals surface area contributed by atoms with Gasteiger partial charge in [0.1, 0.15) is 12.0 Å². The van der Waals surface area contributed by atoms with Gasteiger partial charge in [-0.2, -0.15) is 0 Å². The molecule has 2 rings (SSSR count). The molecule has 0 aliphatic carbocycles. The van der Waals surface area contributed by atoms with Gasteiger partial charge in [0.05, 0.1) is 0 Å². The van der Waals surface area contributed by atoms with Crippen molar-refractivity contribution in [1.29, 1.82) is 0 Å². The Kier molecular flexibility index (Phi) is 4.53. The first kappa shape index (κ1) is 14.3. The molecule has 1 atom stereocenters. The van der Waals surface area contributed by atoms with Crippen LogP contribution in [0.1, 0.15) is 27.6 Å². The van der Waals surface area contributed by atoms with Gasteiger partial charge >= 0.3 is 0 Å². The van der Waals surface area contributed by atoms with E-state index in [9.17, 15) is 9.59 Å². The SMILES string of the molecule is CC(Oc1ccc(C=O)cc1)C(=O)c1cccc(Cl)c1. The molecule has 3 nitrogen and oxygen atoms in total. The maximum absolute atomic E-state index is 12.2. The summed E-state index contributed by atoms with van der Waals surface area (Å²) < 4.78 is 5.56. The number of ketones is 1. The Morgan fingerprint density at radius 2 is 1.90 bits per heavy atom. The van der Waals surface area contributed by atoms with E-state index in [0.717, 1.165) is 6.29 Å². The van der Waals surface area contributed by atoms with Gasteiger partial charge in [-0.1, -0.05) is 23.7 Å². The number of carbonyl (C=O) groups is 2. The molecule has 0 aliphatic rings. The lowest BCUT2D eigenvalue weighted by Crippen LogP contribution is -2.23. The van der Waals surface area contributed by atoms with Crippen molar-refractivity contribution in [2.45, 2.75) is 13.0 Å². The highest BCUT2D eigenvalue weighted by atomic mass is 35.5. The van der Waals surface area contributed by atoms with Crippen molar-refractivity contribution < 1.29 is 14.3 Å². The summed E-state index contributed by atoms with van der Waals surface area (Å²) in [7, 11) is 0. The molecule has 20 heavy (non-hydrogen) atoms. The van der Waals surface area contributed by atoms with E-state index in [0.29, 0.717) is 21.9 Å². The van der Waals surface area contributed by atoms with E-state index in [4.69, 9.17) is 16.3 Å². The summed E-state index contributed by atoms with van der Waals surface area (Å²) in [5, 5.41) is 0.512. The highest BCUT2D eigenvalue weighted by Gasteiger charge is 2.17. The van der Waals surface area contributed by atoms with Gasteiger partial charge in [0.2, 0.25) is 5.78 Å². The summed E-state index contributed by atoms with van der Waals surface area (Å²) in [6, 6.07) is 13.3. The number of ether oxygens (including phenoxy) is 1. The van der Waals surface area contributed by atoms with Gasteiger partial charge in [0.25, 0.3) is 0 Å². The lowest BCUT2D eigenvalue weighted by molar-refractivity contribution is 0.0818. The number of benzene rings is 2. The molecule has 0 heterocycles. The standard InChI is InChI=1S/C16H13ClO3/c1-11(16(19)13-3-2-4-14(17)9-13)20-15-7-5-12(10-18)6-8-15/h2-11H,1H3. The molecule has 0 spiro atoms. The first-order valence-electron chi connectivity index (χ1n) is 6.12. The molecule has 4 heteroatoms. The molecule has 0 aliphatic heterocycles. The Morgan fingerprint density at radius 3 is 2.50 bits per heavy atom. The minimum Gasteiger partial charge on any atom is -0.483 e. The van der Waals surface area contributed by atoms with Crippen LogP contribution < -0.4 is 4.74 Å². The van der Waals surface area contributed by atoms with Crippen LogP contribution in [0.2, 0.25) is 5.02 Å². The van der Waals surface area contributed by atoms with Crippen LogP contribution in [0.25, 0.3) is 0 Å². The van der Waals surface area contributed by atoms with E-state index in [2.05, 4.69) is 0 Å². The number of hydrogen-bond acceptors (Lipinski definition) is 3. The van der Waals surface area contributed by atoms with E-state index < -0.39 is 6.10 Å². The molecule has 102 valence electrons. The third-order valence-corrected chi connectivity index (χ3v) is 3.04. The number of halogens is 1. The topological polar surface area (TPSA) is 43.4 Å². The summed E-state index contributed by atoms with van der Waals surface area (Å²) >= 11 is 5.86. The van der Waals surface area contributed by atoms with Crippen molar-refractivity contribution in [3.63, 3.8) is 0 Å². The highest BCUT2D eigenvalue weighted by Crippen LogP contribution is 2.17. The van der Waals surface area contributed by atoms with Gasteiger partial charge in [-0.25, -0.2) is 0 Å². The Morgan fingerprint density at radius 1 is 1.20 bits per heavy atom. The van der Waals surface area contributed by atoms with Crippen LogP contribution in [0.3, 0.4) is 0 Å². The number of rotatable bonds is 5. The first-order valence-corrected chi connectivity index (χ1v) is 6.49. The fourth-order valence-corrected chi connectivity index (χ4v) is 1.95. The largest absolute Gasteiger partial charge is 0.483 e. The van der Waals surface area contributed by atoms with E-state index >= 15 is 0 Å². The molecule has 0 N–H and O–H groups in total. The van der Waals surface area contributed by atoms with Gasteiger partial charge in [0, 0.05) is 16.1 Å². The maximum Gasteiger partial charge on any atom is 0.203 e. The molecule has 2 aromatic rings. The van der Waals surface area contributed by atoms with Crippen LogP contribution in [-0.2, 0) is 0 Å². The van der Waals surface area contributed by atoms with Crippen molar-refractivity contribution in [2.75, 3.05) is 0 Å². The molecular formula is C16H13ClO3. The summed E-state index contributed by atoms with van der Waals surface area (Å²) in [5.74, 6) is 0.394. The summed E-state index contributed by atoms with van der Waals surface area (Å²) in [6.45, 7) is 1.68.